The number of hydrogen-bond acceptors (Lipinski definition) is 2. The van der Waals surface area contributed by atoms with Gasteiger partial charge in [-0.25, -0.2) is 4.90 Å². The number of benzene rings is 1. The van der Waals surface area contributed by atoms with Gasteiger partial charge in [-0.15, -0.1) is 0 Å². The topological polar surface area (TPSA) is 37.4 Å². The van der Waals surface area contributed by atoms with E-state index < -0.39 is 0 Å². The number of anilines is 1. The molecule has 0 radical (unpaired) electrons. The lowest BCUT2D eigenvalue weighted by molar-refractivity contribution is -0.119. The Balaban J connectivity index is 2.41. The molecule has 0 fully saturated rings. The van der Waals surface area contributed by atoms with Crippen LogP contribution in [0.4, 0.5) is 5.69 Å². The summed E-state index contributed by atoms with van der Waals surface area (Å²) in [6, 6.07) is 5.16. The van der Waals surface area contributed by atoms with Gasteiger partial charge in [-0.1, -0.05) is 23.7 Å². The van der Waals surface area contributed by atoms with Gasteiger partial charge in [-0.2, -0.15) is 0 Å². The van der Waals surface area contributed by atoms with Crippen LogP contribution in [0.2, 0.25) is 5.02 Å². The molecule has 1 aliphatic rings. The molecule has 4 heteroatoms. The van der Waals surface area contributed by atoms with Gasteiger partial charge in [0.2, 0.25) is 0 Å². The van der Waals surface area contributed by atoms with Crippen molar-refractivity contribution in [2.45, 2.75) is 13.8 Å². The van der Waals surface area contributed by atoms with Crippen LogP contribution in [0.5, 0.6) is 0 Å². The third-order valence-electron chi connectivity index (χ3n) is 2.88. The van der Waals surface area contributed by atoms with E-state index >= 15 is 0 Å². The number of imide groups is 1. The van der Waals surface area contributed by atoms with Crippen LogP contribution in [-0.2, 0) is 9.59 Å². The van der Waals surface area contributed by atoms with E-state index in [0.717, 1.165) is 16.0 Å². The minimum atomic E-state index is -0.341. The molecule has 1 heterocycles. The summed E-state index contributed by atoms with van der Waals surface area (Å²) in [5, 5.41) is 0.524. The van der Waals surface area contributed by atoms with Crippen molar-refractivity contribution < 1.29 is 9.59 Å². The molecule has 92 valence electrons. The number of carbonyl (C=O) groups is 2. The van der Waals surface area contributed by atoms with Crippen molar-refractivity contribution in [3.8, 4) is 0 Å². The summed E-state index contributed by atoms with van der Waals surface area (Å²) in [5.41, 5.74) is 2.44. The lowest BCUT2D eigenvalue weighted by Crippen LogP contribution is -2.29. The maximum Gasteiger partial charge on any atom is 0.258 e. The van der Waals surface area contributed by atoms with Crippen molar-refractivity contribution in [1.29, 1.82) is 0 Å². The molecule has 0 bridgehead atoms. The molecule has 1 aliphatic heterocycles. The molecule has 0 saturated carbocycles. The summed E-state index contributed by atoms with van der Waals surface area (Å²) in [6.07, 6.45) is 4.46. The second-order valence-electron chi connectivity index (χ2n) is 3.98. The molecule has 3 nitrogen and oxygen atoms in total. The third kappa shape index (κ3) is 2.09. The summed E-state index contributed by atoms with van der Waals surface area (Å²) in [6.45, 7) is 3.88. The number of halogens is 1. The molecule has 2 rings (SSSR count). The molecule has 0 unspecified atom stereocenters. The Bertz CT molecular complexity index is 569. The van der Waals surface area contributed by atoms with Crippen molar-refractivity contribution in [2.24, 2.45) is 0 Å². The maximum atomic E-state index is 11.5. The van der Waals surface area contributed by atoms with Crippen LogP contribution in [0, 0.1) is 0 Å². The number of nitrogens with zero attached hydrogens (tertiary/aromatic N) is 1. The minimum absolute atomic E-state index is 0.341. The zero-order chi connectivity index (χ0) is 13.3. The standard InChI is InChI=1S/C14H12ClNO2/c1-3-9(2)11-5-4-10(8-12(11)15)16-13(17)6-7-14(16)18/h3-8H,1-2H3. The minimum Gasteiger partial charge on any atom is -0.269 e. The second-order valence-corrected chi connectivity index (χ2v) is 4.39. The molecular formula is C14H12ClNO2. The smallest absolute Gasteiger partial charge is 0.258 e. The van der Waals surface area contributed by atoms with Gasteiger partial charge >= 0.3 is 0 Å². The van der Waals surface area contributed by atoms with E-state index in [9.17, 15) is 9.59 Å². The number of amides is 2. The number of allylic oxidation sites excluding steroid dienone is 2. The lowest BCUT2D eigenvalue weighted by Gasteiger charge is -2.15. The quantitative estimate of drug-likeness (QED) is 0.767. The van der Waals surface area contributed by atoms with Crippen LogP contribution in [0.3, 0.4) is 0 Å². The van der Waals surface area contributed by atoms with Crippen LogP contribution in [-0.4, -0.2) is 11.8 Å². The zero-order valence-corrected chi connectivity index (χ0v) is 10.9. The normalized spacial score (nSPS) is 15.7. The first-order valence-corrected chi connectivity index (χ1v) is 5.91. The maximum absolute atomic E-state index is 11.5. The van der Waals surface area contributed by atoms with Crippen LogP contribution < -0.4 is 4.90 Å². The van der Waals surface area contributed by atoms with Crippen molar-refractivity contribution in [3.63, 3.8) is 0 Å². The Hall–Kier alpha value is -1.87. The van der Waals surface area contributed by atoms with E-state index in [0.29, 0.717) is 10.7 Å². The summed E-state index contributed by atoms with van der Waals surface area (Å²) in [7, 11) is 0. The first-order chi connectivity index (χ1) is 8.54. The first kappa shape index (κ1) is 12.6. The average molecular weight is 262 g/mol. The third-order valence-corrected chi connectivity index (χ3v) is 3.19. The number of carbonyl (C=O) groups excluding carboxylic acids is 2. The van der Waals surface area contributed by atoms with Crippen LogP contribution in [0.15, 0.2) is 36.4 Å². The van der Waals surface area contributed by atoms with Gasteiger partial charge in [0.1, 0.15) is 0 Å². The molecule has 0 N–H and O–H groups in total. The van der Waals surface area contributed by atoms with Crippen molar-refractivity contribution >= 4 is 34.7 Å². The predicted octanol–water partition coefficient (Wildman–Crippen LogP) is 3.19. The number of rotatable bonds is 2. The molecule has 1 aromatic rings. The molecule has 18 heavy (non-hydrogen) atoms. The van der Waals surface area contributed by atoms with Gasteiger partial charge in [0.05, 0.1) is 10.7 Å². The fraction of sp³-hybridized carbons (Fsp3) is 0.143. The monoisotopic (exact) mass is 261 g/mol. The van der Waals surface area contributed by atoms with Gasteiger partial charge in [0.25, 0.3) is 11.8 Å². The molecule has 0 aromatic heterocycles. The summed E-state index contributed by atoms with van der Waals surface area (Å²) in [4.78, 5) is 24.2. The van der Waals surface area contributed by atoms with Gasteiger partial charge in [-0.05, 0) is 37.1 Å². The molecule has 0 atom stereocenters. The molecular weight excluding hydrogens is 250 g/mol. The van der Waals surface area contributed by atoms with Gasteiger partial charge in [-0.3, -0.25) is 9.59 Å². The largest absolute Gasteiger partial charge is 0.269 e. The Labute approximate surface area is 110 Å². The van der Waals surface area contributed by atoms with E-state index in [-0.39, 0.29) is 11.8 Å². The second kappa shape index (κ2) is 4.78. The molecule has 2 amide bonds. The molecule has 0 saturated heterocycles. The highest BCUT2D eigenvalue weighted by molar-refractivity contribution is 6.33. The Morgan fingerprint density at radius 2 is 1.83 bits per heavy atom. The molecule has 0 spiro atoms. The Morgan fingerprint density at radius 1 is 1.22 bits per heavy atom. The average Bonchev–Trinajstić information content (AvgIpc) is 2.68. The Morgan fingerprint density at radius 3 is 2.33 bits per heavy atom. The van der Waals surface area contributed by atoms with E-state index in [1.54, 1.807) is 12.1 Å². The van der Waals surface area contributed by atoms with Gasteiger partial charge < -0.3 is 0 Å². The SMILES string of the molecule is CC=C(C)c1ccc(N2C(=O)C=CC2=O)cc1Cl. The highest BCUT2D eigenvalue weighted by atomic mass is 35.5. The summed E-state index contributed by atoms with van der Waals surface area (Å²) >= 11 is 6.17. The number of hydrogen-bond donors (Lipinski definition) is 0. The van der Waals surface area contributed by atoms with Crippen LogP contribution in [0.25, 0.3) is 5.57 Å². The van der Waals surface area contributed by atoms with E-state index in [1.807, 2.05) is 26.0 Å². The Kier molecular flexibility index (Phi) is 3.34. The van der Waals surface area contributed by atoms with Gasteiger partial charge in [0.15, 0.2) is 0 Å². The summed E-state index contributed by atoms with van der Waals surface area (Å²) in [5.74, 6) is -0.682. The molecule has 1 aromatic carbocycles. The lowest BCUT2D eigenvalue weighted by atomic mass is 10.1. The zero-order valence-electron chi connectivity index (χ0n) is 10.1. The van der Waals surface area contributed by atoms with Crippen molar-refractivity contribution in [2.75, 3.05) is 4.90 Å². The van der Waals surface area contributed by atoms with Crippen LogP contribution >= 0.6 is 11.6 Å². The van der Waals surface area contributed by atoms with E-state index in [4.69, 9.17) is 11.6 Å². The van der Waals surface area contributed by atoms with E-state index in [2.05, 4.69) is 0 Å². The van der Waals surface area contributed by atoms with Crippen molar-refractivity contribution in [3.05, 3.63) is 47.0 Å². The fourth-order valence-corrected chi connectivity index (χ4v) is 2.10. The van der Waals surface area contributed by atoms with Gasteiger partial charge in [0, 0.05) is 12.2 Å². The van der Waals surface area contributed by atoms with E-state index in [1.165, 1.54) is 12.2 Å². The first-order valence-electron chi connectivity index (χ1n) is 5.53. The van der Waals surface area contributed by atoms with Crippen molar-refractivity contribution in [1.82, 2.24) is 0 Å². The molecule has 0 aliphatic carbocycles. The highest BCUT2D eigenvalue weighted by Crippen LogP contribution is 2.29. The summed E-state index contributed by atoms with van der Waals surface area (Å²) < 4.78 is 0. The van der Waals surface area contributed by atoms with Crippen LogP contribution in [0.1, 0.15) is 19.4 Å². The highest BCUT2D eigenvalue weighted by Gasteiger charge is 2.25. The fourth-order valence-electron chi connectivity index (χ4n) is 1.77. The predicted molar refractivity (Wildman–Crippen MR) is 72.4 cm³/mol.